The molecular formula is C6H14FNO. The molecule has 1 aliphatic rings. The molecule has 0 radical (unpaired) electrons. The van der Waals surface area contributed by atoms with Crippen LogP contribution in [-0.2, 0) is 0 Å². The SMILES string of the molecule is CN1CCC[C@H]1CO.F. The third-order valence-electron chi connectivity index (χ3n) is 1.88. The maximum Gasteiger partial charge on any atom is 0.0586 e. The highest BCUT2D eigenvalue weighted by Crippen LogP contribution is 2.12. The Hall–Kier alpha value is -0.150. The van der Waals surface area contributed by atoms with E-state index in [1.807, 2.05) is 0 Å². The molecule has 0 aromatic carbocycles. The molecule has 0 saturated carbocycles. The van der Waals surface area contributed by atoms with Crippen LogP contribution in [-0.4, -0.2) is 36.2 Å². The quantitative estimate of drug-likeness (QED) is 0.556. The summed E-state index contributed by atoms with van der Waals surface area (Å²) in [5.41, 5.74) is 0. The topological polar surface area (TPSA) is 23.5 Å². The van der Waals surface area contributed by atoms with Crippen molar-refractivity contribution >= 4 is 0 Å². The van der Waals surface area contributed by atoms with Crippen molar-refractivity contribution in [2.75, 3.05) is 20.2 Å². The van der Waals surface area contributed by atoms with Gasteiger partial charge in [0.1, 0.15) is 0 Å². The number of aliphatic hydroxyl groups is 1. The number of halogens is 1. The van der Waals surface area contributed by atoms with E-state index in [2.05, 4.69) is 11.9 Å². The Morgan fingerprint density at radius 1 is 1.67 bits per heavy atom. The molecule has 0 aromatic rings. The fourth-order valence-electron chi connectivity index (χ4n) is 1.21. The van der Waals surface area contributed by atoms with Crippen molar-refractivity contribution in [1.29, 1.82) is 0 Å². The smallest absolute Gasteiger partial charge is 0.0586 e. The van der Waals surface area contributed by atoms with Crippen LogP contribution in [0.2, 0.25) is 0 Å². The number of likely N-dealkylation sites (N-methyl/N-ethyl adjacent to an activating group) is 1. The van der Waals surface area contributed by atoms with Gasteiger partial charge in [-0.25, -0.2) is 0 Å². The lowest BCUT2D eigenvalue weighted by Crippen LogP contribution is -2.27. The highest BCUT2D eigenvalue weighted by molar-refractivity contribution is 4.74. The molecule has 1 heterocycles. The molecule has 0 aromatic heterocycles. The van der Waals surface area contributed by atoms with E-state index in [-0.39, 0.29) is 4.70 Å². The van der Waals surface area contributed by atoms with Gasteiger partial charge in [-0.15, -0.1) is 0 Å². The number of hydrogen-bond acceptors (Lipinski definition) is 2. The van der Waals surface area contributed by atoms with Crippen LogP contribution in [0.25, 0.3) is 0 Å². The van der Waals surface area contributed by atoms with Crippen LogP contribution in [0.5, 0.6) is 0 Å². The van der Waals surface area contributed by atoms with Crippen LogP contribution in [0.3, 0.4) is 0 Å². The minimum Gasteiger partial charge on any atom is -0.395 e. The minimum absolute atomic E-state index is 0. The summed E-state index contributed by atoms with van der Waals surface area (Å²) < 4.78 is 0. The zero-order chi connectivity index (χ0) is 5.98. The van der Waals surface area contributed by atoms with Crippen molar-refractivity contribution < 1.29 is 9.81 Å². The summed E-state index contributed by atoms with van der Waals surface area (Å²) in [4.78, 5) is 2.21. The van der Waals surface area contributed by atoms with Gasteiger partial charge in [-0.05, 0) is 26.4 Å². The van der Waals surface area contributed by atoms with E-state index in [0.717, 1.165) is 6.54 Å². The van der Waals surface area contributed by atoms with Gasteiger partial charge in [0.15, 0.2) is 0 Å². The first-order valence-electron chi connectivity index (χ1n) is 3.15. The van der Waals surface area contributed by atoms with Crippen molar-refractivity contribution in [2.24, 2.45) is 0 Å². The Morgan fingerprint density at radius 2 is 2.33 bits per heavy atom. The zero-order valence-electron chi connectivity index (χ0n) is 5.71. The van der Waals surface area contributed by atoms with Crippen molar-refractivity contribution in [2.45, 2.75) is 18.9 Å². The van der Waals surface area contributed by atoms with Gasteiger partial charge in [-0.2, -0.15) is 0 Å². The summed E-state index contributed by atoms with van der Waals surface area (Å²) in [6, 6.07) is 0.454. The standard InChI is InChI=1S/C6H13NO.FH/c1-7-4-2-3-6(7)5-8;/h6,8H,2-5H2,1H3;1H/t6-;/m0./s1. The largest absolute Gasteiger partial charge is 0.395 e. The van der Waals surface area contributed by atoms with Crippen molar-refractivity contribution in [3.63, 3.8) is 0 Å². The third-order valence-corrected chi connectivity index (χ3v) is 1.88. The van der Waals surface area contributed by atoms with Crippen LogP contribution < -0.4 is 0 Å². The lowest BCUT2D eigenvalue weighted by molar-refractivity contribution is 0.182. The van der Waals surface area contributed by atoms with E-state index < -0.39 is 0 Å². The monoisotopic (exact) mass is 135 g/mol. The molecule has 1 rings (SSSR count). The number of nitrogens with zero attached hydrogens (tertiary/aromatic N) is 1. The van der Waals surface area contributed by atoms with E-state index in [1.165, 1.54) is 12.8 Å². The number of hydrogen-bond donors (Lipinski definition) is 1. The van der Waals surface area contributed by atoms with Crippen LogP contribution in [0.15, 0.2) is 0 Å². The first kappa shape index (κ1) is 8.85. The van der Waals surface area contributed by atoms with Gasteiger partial charge in [0, 0.05) is 6.04 Å². The summed E-state index contributed by atoms with van der Waals surface area (Å²) in [5, 5.41) is 8.69. The van der Waals surface area contributed by atoms with Crippen LogP contribution in [0, 0.1) is 0 Å². The molecule has 1 saturated heterocycles. The number of likely N-dealkylation sites (tertiary alicyclic amines) is 1. The van der Waals surface area contributed by atoms with E-state index >= 15 is 0 Å². The van der Waals surface area contributed by atoms with Gasteiger partial charge in [0.25, 0.3) is 0 Å². The Morgan fingerprint density at radius 3 is 2.56 bits per heavy atom. The molecule has 2 nitrogen and oxygen atoms in total. The predicted molar refractivity (Wildman–Crippen MR) is 35.2 cm³/mol. The molecule has 3 heteroatoms. The second-order valence-electron chi connectivity index (χ2n) is 2.46. The molecule has 0 spiro atoms. The van der Waals surface area contributed by atoms with Gasteiger partial charge in [-0.1, -0.05) is 0 Å². The van der Waals surface area contributed by atoms with Gasteiger partial charge in [0.2, 0.25) is 0 Å². The number of rotatable bonds is 1. The Kier molecular flexibility index (Phi) is 3.73. The second kappa shape index (κ2) is 3.80. The van der Waals surface area contributed by atoms with Crippen molar-refractivity contribution in [1.82, 2.24) is 4.90 Å². The molecule has 56 valence electrons. The van der Waals surface area contributed by atoms with Gasteiger partial charge >= 0.3 is 0 Å². The van der Waals surface area contributed by atoms with E-state index in [4.69, 9.17) is 5.11 Å². The average molecular weight is 135 g/mol. The van der Waals surface area contributed by atoms with Crippen LogP contribution >= 0.6 is 0 Å². The van der Waals surface area contributed by atoms with E-state index in [0.29, 0.717) is 12.6 Å². The molecule has 1 aliphatic heterocycles. The summed E-state index contributed by atoms with van der Waals surface area (Å²) in [6.07, 6.45) is 2.43. The fraction of sp³-hybridized carbons (Fsp3) is 1.00. The first-order chi connectivity index (χ1) is 3.84. The lowest BCUT2D eigenvalue weighted by Gasteiger charge is -2.15. The molecule has 1 atom stereocenters. The lowest BCUT2D eigenvalue weighted by atomic mass is 10.2. The maximum atomic E-state index is 8.69. The molecule has 1 N–H and O–H groups in total. The fourth-order valence-corrected chi connectivity index (χ4v) is 1.21. The van der Waals surface area contributed by atoms with Crippen molar-refractivity contribution in [3.8, 4) is 0 Å². The van der Waals surface area contributed by atoms with Crippen LogP contribution in [0.1, 0.15) is 12.8 Å². The summed E-state index contributed by atoms with van der Waals surface area (Å²) in [7, 11) is 2.06. The van der Waals surface area contributed by atoms with Gasteiger partial charge < -0.3 is 10.0 Å². The summed E-state index contributed by atoms with van der Waals surface area (Å²) >= 11 is 0. The number of aliphatic hydroxyl groups excluding tert-OH is 1. The Labute approximate surface area is 54.8 Å². The summed E-state index contributed by atoms with van der Waals surface area (Å²) in [5.74, 6) is 0. The Bertz CT molecular complexity index is 79.5. The maximum absolute atomic E-state index is 8.69. The molecule has 0 bridgehead atoms. The molecule has 0 amide bonds. The van der Waals surface area contributed by atoms with Gasteiger partial charge in [-0.3, -0.25) is 4.70 Å². The first-order valence-corrected chi connectivity index (χ1v) is 3.15. The summed E-state index contributed by atoms with van der Waals surface area (Å²) in [6.45, 7) is 1.49. The molecule has 1 fully saturated rings. The third kappa shape index (κ3) is 1.91. The van der Waals surface area contributed by atoms with E-state index in [1.54, 1.807) is 0 Å². The predicted octanol–water partition coefficient (Wildman–Crippen LogP) is 0.225. The van der Waals surface area contributed by atoms with Gasteiger partial charge in [0.05, 0.1) is 6.61 Å². The Balaban J connectivity index is 0.000000640. The molecule has 0 aliphatic carbocycles. The minimum atomic E-state index is 0. The normalized spacial score (nSPS) is 28.0. The molecular weight excluding hydrogens is 121 g/mol. The highest BCUT2D eigenvalue weighted by atomic mass is 19.0. The van der Waals surface area contributed by atoms with Crippen molar-refractivity contribution in [3.05, 3.63) is 0 Å². The van der Waals surface area contributed by atoms with E-state index in [9.17, 15) is 0 Å². The molecule has 0 unspecified atom stereocenters. The zero-order valence-corrected chi connectivity index (χ0v) is 5.71. The molecule has 9 heavy (non-hydrogen) atoms. The highest BCUT2D eigenvalue weighted by Gasteiger charge is 2.18. The average Bonchev–Trinajstić information content (AvgIpc) is 2.14. The van der Waals surface area contributed by atoms with Crippen LogP contribution in [0.4, 0.5) is 4.70 Å². The second-order valence-corrected chi connectivity index (χ2v) is 2.46.